The Morgan fingerprint density at radius 1 is 1.00 bits per heavy atom. The Morgan fingerprint density at radius 3 is 2.58 bits per heavy atom. The maximum Gasteiger partial charge on any atom is 0.0536 e. The van der Waals surface area contributed by atoms with Crippen molar-refractivity contribution in [3.05, 3.63) is 59.3 Å². The third-order valence-corrected chi connectivity index (χ3v) is 4.48. The smallest absolute Gasteiger partial charge is 0.0536 e. The predicted octanol–water partition coefficient (Wildman–Crippen LogP) is 4.73. The largest absolute Gasteiger partial charge is 0.397 e. The number of hydrogen-bond acceptors (Lipinski definition) is 3. The first-order chi connectivity index (χ1) is 9.24. The number of nitrogens with two attached hydrogens (primary N) is 1. The SMILES string of the molecule is Nc1c(Sc2ccc(Br)cc2)ccc2cnccc12. The lowest BCUT2D eigenvalue weighted by molar-refractivity contribution is 1.35. The van der Waals surface area contributed by atoms with Crippen molar-refractivity contribution in [1.29, 1.82) is 0 Å². The van der Waals surface area contributed by atoms with E-state index in [4.69, 9.17) is 5.73 Å². The molecule has 0 radical (unpaired) electrons. The Bertz CT molecular complexity index is 726. The Labute approximate surface area is 124 Å². The molecule has 0 aliphatic carbocycles. The van der Waals surface area contributed by atoms with Gasteiger partial charge in [0.15, 0.2) is 0 Å². The highest BCUT2D eigenvalue weighted by molar-refractivity contribution is 9.10. The van der Waals surface area contributed by atoms with Gasteiger partial charge in [-0.05, 0) is 36.4 Å². The molecule has 0 saturated heterocycles. The monoisotopic (exact) mass is 330 g/mol. The highest BCUT2D eigenvalue weighted by atomic mass is 79.9. The van der Waals surface area contributed by atoms with E-state index in [9.17, 15) is 0 Å². The summed E-state index contributed by atoms with van der Waals surface area (Å²) in [6.45, 7) is 0. The first-order valence-corrected chi connectivity index (χ1v) is 7.40. The van der Waals surface area contributed by atoms with Crippen LogP contribution >= 0.6 is 27.7 Å². The van der Waals surface area contributed by atoms with Gasteiger partial charge in [-0.25, -0.2) is 0 Å². The molecule has 0 bridgehead atoms. The van der Waals surface area contributed by atoms with Crippen LogP contribution in [0.2, 0.25) is 0 Å². The molecule has 3 aromatic rings. The number of halogens is 1. The van der Waals surface area contributed by atoms with Crippen molar-refractivity contribution in [2.24, 2.45) is 0 Å². The van der Waals surface area contributed by atoms with E-state index in [2.05, 4.69) is 39.1 Å². The van der Waals surface area contributed by atoms with Gasteiger partial charge in [-0.3, -0.25) is 4.98 Å². The molecule has 0 aliphatic rings. The van der Waals surface area contributed by atoms with E-state index >= 15 is 0 Å². The van der Waals surface area contributed by atoms with Crippen molar-refractivity contribution in [2.45, 2.75) is 9.79 Å². The van der Waals surface area contributed by atoms with E-state index in [1.807, 2.05) is 30.5 Å². The van der Waals surface area contributed by atoms with Crippen LogP contribution in [0, 0.1) is 0 Å². The Hall–Kier alpha value is -1.52. The Kier molecular flexibility index (Phi) is 3.44. The van der Waals surface area contributed by atoms with Crippen LogP contribution in [0.3, 0.4) is 0 Å². The molecular formula is C15H11BrN2S. The van der Waals surface area contributed by atoms with Crippen molar-refractivity contribution >= 4 is 44.2 Å². The summed E-state index contributed by atoms with van der Waals surface area (Å²) >= 11 is 5.11. The molecule has 0 unspecified atom stereocenters. The number of pyridine rings is 1. The van der Waals surface area contributed by atoms with Gasteiger partial charge in [0.05, 0.1) is 5.69 Å². The molecule has 2 nitrogen and oxygen atoms in total. The van der Waals surface area contributed by atoms with Crippen LogP contribution < -0.4 is 5.73 Å². The van der Waals surface area contributed by atoms with Crippen LogP contribution in [0.25, 0.3) is 10.8 Å². The summed E-state index contributed by atoms with van der Waals surface area (Å²) in [5.74, 6) is 0. The number of hydrogen-bond donors (Lipinski definition) is 1. The molecule has 1 aromatic heterocycles. The summed E-state index contributed by atoms with van der Waals surface area (Å²) in [5.41, 5.74) is 7.05. The van der Waals surface area contributed by atoms with Crippen LogP contribution in [0.5, 0.6) is 0 Å². The minimum absolute atomic E-state index is 0.813. The zero-order valence-electron chi connectivity index (χ0n) is 10.0. The molecule has 94 valence electrons. The summed E-state index contributed by atoms with van der Waals surface area (Å²) in [6, 6.07) is 14.3. The zero-order valence-corrected chi connectivity index (χ0v) is 12.4. The number of nitrogens with zero attached hydrogens (tertiary/aromatic N) is 1. The lowest BCUT2D eigenvalue weighted by Gasteiger charge is -2.08. The van der Waals surface area contributed by atoms with E-state index in [1.165, 1.54) is 4.90 Å². The molecule has 1 heterocycles. The topological polar surface area (TPSA) is 38.9 Å². The minimum atomic E-state index is 0.813. The second kappa shape index (κ2) is 5.23. The second-order valence-corrected chi connectivity index (χ2v) is 6.16. The molecule has 0 spiro atoms. The average molecular weight is 331 g/mol. The number of nitrogen functional groups attached to an aromatic ring is 1. The van der Waals surface area contributed by atoms with Gasteiger partial charge in [-0.15, -0.1) is 0 Å². The highest BCUT2D eigenvalue weighted by Crippen LogP contribution is 2.36. The maximum absolute atomic E-state index is 6.24. The van der Waals surface area contributed by atoms with Crippen molar-refractivity contribution in [3.8, 4) is 0 Å². The molecule has 2 aromatic carbocycles. The highest BCUT2D eigenvalue weighted by Gasteiger charge is 2.06. The van der Waals surface area contributed by atoms with Crippen LogP contribution in [0.4, 0.5) is 5.69 Å². The van der Waals surface area contributed by atoms with E-state index in [1.54, 1.807) is 18.0 Å². The normalized spacial score (nSPS) is 10.8. The summed E-state index contributed by atoms with van der Waals surface area (Å²) in [4.78, 5) is 6.35. The van der Waals surface area contributed by atoms with Gasteiger partial charge in [0, 0.05) is 37.4 Å². The quantitative estimate of drug-likeness (QED) is 0.690. The molecule has 0 atom stereocenters. The second-order valence-electron chi connectivity index (χ2n) is 4.13. The molecule has 19 heavy (non-hydrogen) atoms. The molecule has 0 amide bonds. The first kappa shape index (κ1) is 12.5. The van der Waals surface area contributed by atoms with Gasteiger partial charge < -0.3 is 5.73 Å². The summed E-state index contributed by atoms with van der Waals surface area (Å²) in [7, 11) is 0. The van der Waals surface area contributed by atoms with Gasteiger partial charge in [-0.2, -0.15) is 0 Å². The summed E-state index contributed by atoms with van der Waals surface area (Å²) in [6.07, 6.45) is 3.60. The number of rotatable bonds is 2. The van der Waals surface area contributed by atoms with Crippen molar-refractivity contribution < 1.29 is 0 Å². The predicted molar refractivity (Wildman–Crippen MR) is 84.4 cm³/mol. The van der Waals surface area contributed by atoms with Gasteiger partial charge >= 0.3 is 0 Å². The number of aromatic nitrogens is 1. The van der Waals surface area contributed by atoms with Crippen molar-refractivity contribution in [1.82, 2.24) is 4.98 Å². The molecule has 4 heteroatoms. The average Bonchev–Trinajstić information content (AvgIpc) is 2.45. The van der Waals surface area contributed by atoms with Crippen LogP contribution in [-0.2, 0) is 0 Å². The Balaban J connectivity index is 2.01. The van der Waals surface area contributed by atoms with Gasteiger partial charge in [0.2, 0.25) is 0 Å². The fourth-order valence-electron chi connectivity index (χ4n) is 1.89. The lowest BCUT2D eigenvalue weighted by Crippen LogP contribution is -1.91. The zero-order chi connectivity index (χ0) is 13.2. The number of benzene rings is 2. The van der Waals surface area contributed by atoms with Gasteiger partial charge in [0.25, 0.3) is 0 Å². The van der Waals surface area contributed by atoms with Crippen molar-refractivity contribution in [2.75, 3.05) is 5.73 Å². The standard InChI is InChI=1S/C15H11BrN2S/c16-11-2-4-12(5-3-11)19-14-6-1-10-9-18-8-7-13(10)15(14)17/h1-9H,17H2. The van der Waals surface area contributed by atoms with Gasteiger partial charge in [0.1, 0.15) is 0 Å². The summed E-state index contributed by atoms with van der Waals surface area (Å²) < 4.78 is 1.08. The third-order valence-electron chi connectivity index (χ3n) is 2.86. The fraction of sp³-hybridized carbons (Fsp3) is 0. The maximum atomic E-state index is 6.24. The van der Waals surface area contributed by atoms with Gasteiger partial charge in [-0.1, -0.05) is 33.8 Å². The lowest BCUT2D eigenvalue weighted by atomic mass is 10.1. The molecule has 0 aliphatic heterocycles. The first-order valence-electron chi connectivity index (χ1n) is 5.80. The molecule has 0 saturated carbocycles. The van der Waals surface area contributed by atoms with E-state index in [0.717, 1.165) is 25.8 Å². The minimum Gasteiger partial charge on any atom is -0.397 e. The van der Waals surface area contributed by atoms with Crippen LogP contribution in [-0.4, -0.2) is 4.98 Å². The van der Waals surface area contributed by atoms with E-state index in [0.29, 0.717) is 0 Å². The molecule has 3 rings (SSSR count). The Morgan fingerprint density at radius 2 is 1.79 bits per heavy atom. The molecule has 2 N–H and O–H groups in total. The number of fused-ring (bicyclic) bond motifs is 1. The fourth-order valence-corrected chi connectivity index (χ4v) is 3.04. The van der Waals surface area contributed by atoms with Crippen LogP contribution in [0.1, 0.15) is 0 Å². The molecule has 0 fully saturated rings. The summed E-state index contributed by atoms with van der Waals surface area (Å²) in [5, 5.41) is 2.12. The van der Waals surface area contributed by atoms with E-state index in [-0.39, 0.29) is 0 Å². The van der Waals surface area contributed by atoms with Crippen LogP contribution in [0.15, 0.2) is 69.1 Å². The third kappa shape index (κ3) is 2.60. The number of anilines is 1. The molecular weight excluding hydrogens is 320 g/mol. The van der Waals surface area contributed by atoms with E-state index < -0.39 is 0 Å². The van der Waals surface area contributed by atoms with Crippen molar-refractivity contribution in [3.63, 3.8) is 0 Å².